The Morgan fingerprint density at radius 1 is 1.06 bits per heavy atom. The molecule has 1 heterocycles. The summed E-state index contributed by atoms with van der Waals surface area (Å²) in [7, 11) is 0. The van der Waals surface area contributed by atoms with Crippen molar-refractivity contribution in [3.63, 3.8) is 0 Å². The highest BCUT2D eigenvalue weighted by atomic mass is 32.2. The van der Waals surface area contributed by atoms with E-state index in [2.05, 4.69) is 5.32 Å². The van der Waals surface area contributed by atoms with Crippen molar-refractivity contribution in [2.24, 2.45) is 0 Å². The molecule has 2 amide bonds. The minimum absolute atomic E-state index is 0.137. The van der Waals surface area contributed by atoms with Crippen LogP contribution in [0.2, 0.25) is 0 Å². The van der Waals surface area contributed by atoms with E-state index in [1.807, 2.05) is 31.2 Å². The fourth-order valence-electron chi connectivity index (χ4n) is 3.53. The third-order valence-electron chi connectivity index (χ3n) is 5.25. The topological polar surface area (TPSA) is 73.2 Å². The average Bonchev–Trinajstić information content (AvgIpc) is 3.13. The largest absolute Gasteiger partial charge is 0.321 e. The van der Waals surface area contributed by atoms with Crippen LogP contribution in [0.4, 0.5) is 15.8 Å². The van der Waals surface area contributed by atoms with Gasteiger partial charge < -0.3 is 5.32 Å². The first-order chi connectivity index (χ1) is 16.0. The lowest BCUT2D eigenvalue weighted by atomic mass is 10.1. The number of amides is 2. The highest BCUT2D eigenvalue weighted by molar-refractivity contribution is 8.05. The summed E-state index contributed by atoms with van der Waals surface area (Å²) < 4.78 is 13.3. The van der Waals surface area contributed by atoms with E-state index in [0.717, 1.165) is 11.1 Å². The van der Waals surface area contributed by atoms with Gasteiger partial charge in [-0.1, -0.05) is 60.3 Å². The Morgan fingerprint density at radius 3 is 2.39 bits per heavy atom. The quantitative estimate of drug-likeness (QED) is 0.422. The van der Waals surface area contributed by atoms with Crippen molar-refractivity contribution in [2.75, 3.05) is 10.2 Å². The Labute approximate surface area is 195 Å². The molecule has 0 radical (unpaired) electrons. The molecule has 1 N–H and O–H groups in total. The maximum atomic E-state index is 13.4. The molecule has 1 aliphatic heterocycles. The molecule has 1 fully saturated rings. The molecule has 0 aromatic heterocycles. The molecule has 164 valence electrons. The van der Waals surface area contributed by atoms with Gasteiger partial charge in [0.15, 0.2) is 0 Å². The van der Waals surface area contributed by atoms with Gasteiger partial charge in [-0.05, 0) is 54.8 Å². The van der Waals surface area contributed by atoms with Crippen LogP contribution in [0.3, 0.4) is 0 Å². The highest BCUT2D eigenvalue weighted by Gasteiger charge is 2.40. The Balaban J connectivity index is 1.72. The number of hydrogen-bond acceptors (Lipinski definition) is 4. The van der Waals surface area contributed by atoms with Gasteiger partial charge in [0.1, 0.15) is 22.5 Å². The molecule has 5 nitrogen and oxygen atoms in total. The molecule has 3 aromatic rings. The monoisotopic (exact) mass is 457 g/mol. The molecule has 0 saturated carbocycles. The van der Waals surface area contributed by atoms with Crippen molar-refractivity contribution < 1.29 is 14.0 Å². The van der Waals surface area contributed by atoms with Gasteiger partial charge in [0.2, 0.25) is 5.91 Å². The summed E-state index contributed by atoms with van der Waals surface area (Å²) >= 11 is 1.18. The predicted molar refractivity (Wildman–Crippen MR) is 128 cm³/mol. The van der Waals surface area contributed by atoms with Gasteiger partial charge in [-0.3, -0.25) is 14.5 Å². The molecule has 1 saturated heterocycles. The fourth-order valence-corrected chi connectivity index (χ4v) is 4.84. The summed E-state index contributed by atoms with van der Waals surface area (Å²) in [5.41, 5.74) is 2.68. The van der Waals surface area contributed by atoms with Crippen molar-refractivity contribution in [3.05, 3.63) is 106 Å². The minimum Gasteiger partial charge on any atom is -0.321 e. The zero-order valence-corrected chi connectivity index (χ0v) is 18.6. The average molecular weight is 458 g/mol. The van der Waals surface area contributed by atoms with Crippen molar-refractivity contribution >= 4 is 35.0 Å². The standard InChI is InChI=1S/C26H20FN3O2S/c1-17-7-5-6-10-22(17)29-24(31)21(16-28)26-30(20-8-3-2-4-9-20)25(32)23(33-26)15-18-11-13-19(27)14-12-18/h2-14,23H,15H2,1H3,(H,29,31). The molecule has 4 rings (SSSR count). The number of thioether (sulfide) groups is 1. The normalized spacial score (nSPS) is 16.9. The lowest BCUT2D eigenvalue weighted by Crippen LogP contribution is -2.30. The van der Waals surface area contributed by atoms with Crippen LogP contribution in [0.5, 0.6) is 0 Å². The van der Waals surface area contributed by atoms with Crippen molar-refractivity contribution in [3.8, 4) is 6.07 Å². The van der Waals surface area contributed by atoms with Gasteiger partial charge in [0.05, 0.1) is 5.25 Å². The number of para-hydroxylation sites is 2. The maximum absolute atomic E-state index is 13.4. The van der Waals surface area contributed by atoms with Gasteiger partial charge in [-0.25, -0.2) is 4.39 Å². The van der Waals surface area contributed by atoms with Gasteiger partial charge in [0.25, 0.3) is 5.91 Å². The maximum Gasteiger partial charge on any atom is 0.269 e. The molecule has 33 heavy (non-hydrogen) atoms. The van der Waals surface area contributed by atoms with E-state index in [0.29, 0.717) is 17.8 Å². The molecular weight excluding hydrogens is 437 g/mol. The fraction of sp³-hybridized carbons (Fsp3) is 0.115. The van der Waals surface area contributed by atoms with Crippen molar-refractivity contribution in [2.45, 2.75) is 18.6 Å². The van der Waals surface area contributed by atoms with E-state index in [4.69, 9.17) is 0 Å². The summed E-state index contributed by atoms with van der Waals surface area (Å²) in [6, 6.07) is 24.2. The van der Waals surface area contributed by atoms with Crippen molar-refractivity contribution in [1.82, 2.24) is 0 Å². The Bertz CT molecular complexity index is 1270. The van der Waals surface area contributed by atoms with Gasteiger partial charge in [-0.2, -0.15) is 5.26 Å². The van der Waals surface area contributed by atoms with Crippen LogP contribution in [-0.4, -0.2) is 17.1 Å². The molecule has 1 unspecified atom stereocenters. The molecule has 3 aromatic carbocycles. The first kappa shape index (κ1) is 22.3. The number of carbonyl (C=O) groups is 2. The van der Waals surface area contributed by atoms with E-state index in [9.17, 15) is 19.2 Å². The molecule has 7 heteroatoms. The molecule has 0 spiro atoms. The summed E-state index contributed by atoms with van der Waals surface area (Å²) in [6.07, 6.45) is 0.342. The number of rotatable bonds is 5. The molecule has 1 atom stereocenters. The minimum atomic E-state index is -0.578. The van der Waals surface area contributed by atoms with E-state index >= 15 is 0 Å². The van der Waals surface area contributed by atoms with E-state index in [-0.39, 0.29) is 22.3 Å². The van der Waals surface area contributed by atoms with Crippen LogP contribution in [-0.2, 0) is 16.0 Å². The second kappa shape index (κ2) is 9.72. The summed E-state index contributed by atoms with van der Waals surface area (Å²) in [5, 5.41) is 12.4. The van der Waals surface area contributed by atoms with Gasteiger partial charge >= 0.3 is 0 Å². The number of carbonyl (C=O) groups excluding carboxylic acids is 2. The molecular formula is C26H20FN3O2S. The first-order valence-electron chi connectivity index (χ1n) is 10.3. The molecule has 0 bridgehead atoms. The second-order valence-corrected chi connectivity index (χ2v) is 8.70. The highest BCUT2D eigenvalue weighted by Crippen LogP contribution is 2.42. The number of nitrogens with one attached hydrogen (secondary N) is 1. The summed E-state index contributed by atoms with van der Waals surface area (Å²) in [4.78, 5) is 27.9. The van der Waals surface area contributed by atoms with E-state index in [1.54, 1.807) is 48.5 Å². The summed E-state index contributed by atoms with van der Waals surface area (Å²) in [5.74, 6) is -1.16. The Hall–Kier alpha value is -3.89. The van der Waals surface area contributed by atoms with Gasteiger partial charge in [-0.15, -0.1) is 0 Å². The van der Waals surface area contributed by atoms with Gasteiger partial charge in [0, 0.05) is 11.4 Å². The Morgan fingerprint density at radius 2 is 1.73 bits per heavy atom. The van der Waals surface area contributed by atoms with E-state index in [1.165, 1.54) is 28.8 Å². The third kappa shape index (κ3) is 4.81. The zero-order chi connectivity index (χ0) is 23.4. The van der Waals surface area contributed by atoms with Crippen LogP contribution in [0.1, 0.15) is 11.1 Å². The van der Waals surface area contributed by atoms with E-state index < -0.39 is 11.2 Å². The first-order valence-corrected chi connectivity index (χ1v) is 11.2. The van der Waals surface area contributed by atoms with Crippen LogP contribution < -0.4 is 10.2 Å². The Kier molecular flexibility index (Phi) is 6.57. The number of aryl methyl sites for hydroxylation is 1. The number of halogens is 1. The number of anilines is 2. The smallest absolute Gasteiger partial charge is 0.269 e. The van der Waals surface area contributed by atoms with Crippen LogP contribution in [0.15, 0.2) is 89.5 Å². The molecule has 1 aliphatic rings. The zero-order valence-electron chi connectivity index (χ0n) is 17.8. The number of hydrogen-bond donors (Lipinski definition) is 1. The second-order valence-electron chi connectivity index (χ2n) is 7.51. The lowest BCUT2D eigenvalue weighted by molar-refractivity contribution is -0.117. The summed E-state index contributed by atoms with van der Waals surface area (Å²) in [6.45, 7) is 1.86. The number of benzene rings is 3. The van der Waals surface area contributed by atoms with Crippen LogP contribution >= 0.6 is 11.8 Å². The molecule has 0 aliphatic carbocycles. The SMILES string of the molecule is Cc1ccccc1NC(=O)C(C#N)=C1SC(Cc2ccc(F)cc2)C(=O)N1c1ccccc1. The predicted octanol–water partition coefficient (Wildman–Crippen LogP) is 5.20. The van der Waals surface area contributed by atoms with Crippen LogP contribution in [0.25, 0.3) is 0 Å². The third-order valence-corrected chi connectivity index (χ3v) is 6.51. The van der Waals surface area contributed by atoms with Crippen molar-refractivity contribution in [1.29, 1.82) is 5.26 Å². The number of nitriles is 1. The lowest BCUT2D eigenvalue weighted by Gasteiger charge is -2.18. The number of nitrogens with zero attached hydrogens (tertiary/aromatic N) is 2. The van der Waals surface area contributed by atoms with Crippen LogP contribution in [0, 0.1) is 24.1 Å².